The zero-order valence-corrected chi connectivity index (χ0v) is 15.4. The Morgan fingerprint density at radius 2 is 1.85 bits per heavy atom. The average molecular weight is 400 g/mol. The summed E-state index contributed by atoms with van der Waals surface area (Å²) in [4.78, 5) is 3.79. The Morgan fingerprint density at radius 1 is 1.19 bits per heavy atom. The van der Waals surface area contributed by atoms with Crippen molar-refractivity contribution in [1.29, 1.82) is 0 Å². The van der Waals surface area contributed by atoms with E-state index in [4.69, 9.17) is 4.74 Å². The molecule has 146 valence electrons. The molecule has 9 heteroatoms. The number of aromatic nitrogens is 1. The summed E-state index contributed by atoms with van der Waals surface area (Å²) in [6, 6.07) is 8.70. The SMILES string of the molecule is CCCc1ccc(S(=O)(=O)N2CC(Oc3ncccc3C(F)(F)F)C2)cc1. The number of pyridine rings is 1. The Labute approximate surface area is 155 Å². The van der Waals surface area contributed by atoms with Gasteiger partial charge < -0.3 is 4.74 Å². The van der Waals surface area contributed by atoms with E-state index < -0.39 is 33.7 Å². The van der Waals surface area contributed by atoms with Gasteiger partial charge in [0.1, 0.15) is 11.7 Å². The molecule has 0 aliphatic carbocycles. The summed E-state index contributed by atoms with van der Waals surface area (Å²) < 4.78 is 70.5. The minimum atomic E-state index is -4.58. The number of hydrogen-bond donors (Lipinski definition) is 0. The molecular formula is C18H19F3N2O3S. The minimum Gasteiger partial charge on any atom is -0.471 e. The first kappa shape index (κ1) is 19.6. The molecule has 0 radical (unpaired) electrons. The van der Waals surface area contributed by atoms with Crippen LogP contribution in [-0.4, -0.2) is 36.9 Å². The Bertz CT molecular complexity index is 893. The number of rotatable bonds is 6. The van der Waals surface area contributed by atoms with Gasteiger partial charge in [-0.2, -0.15) is 17.5 Å². The highest BCUT2D eigenvalue weighted by Crippen LogP contribution is 2.36. The van der Waals surface area contributed by atoms with E-state index >= 15 is 0 Å². The molecule has 0 bridgehead atoms. The first-order chi connectivity index (χ1) is 12.7. The standard InChI is InChI=1S/C18H19F3N2O3S/c1-2-4-13-6-8-15(9-7-13)27(24,25)23-11-14(12-23)26-17-16(18(19,20)21)5-3-10-22-17/h3,5-10,14H,2,4,11-12H2,1H3. The predicted octanol–water partition coefficient (Wildman–Crippen LogP) is 3.50. The molecule has 0 saturated carbocycles. The van der Waals surface area contributed by atoms with Crippen LogP contribution in [0.1, 0.15) is 24.5 Å². The van der Waals surface area contributed by atoms with Crippen LogP contribution in [0.5, 0.6) is 5.88 Å². The summed E-state index contributed by atoms with van der Waals surface area (Å²) in [5.41, 5.74) is 0.0777. The molecule has 0 amide bonds. The first-order valence-corrected chi connectivity index (χ1v) is 9.93. The maximum Gasteiger partial charge on any atom is 0.421 e. The number of halogens is 3. The predicted molar refractivity (Wildman–Crippen MR) is 92.9 cm³/mol. The third kappa shape index (κ3) is 4.24. The number of ether oxygens (including phenoxy) is 1. The van der Waals surface area contributed by atoms with E-state index in [0.717, 1.165) is 24.5 Å². The molecule has 2 heterocycles. The molecule has 5 nitrogen and oxygen atoms in total. The lowest BCUT2D eigenvalue weighted by atomic mass is 10.1. The highest BCUT2D eigenvalue weighted by Gasteiger charge is 2.41. The fourth-order valence-corrected chi connectivity index (χ4v) is 4.30. The van der Waals surface area contributed by atoms with E-state index in [-0.39, 0.29) is 18.0 Å². The molecule has 1 saturated heterocycles. The molecule has 3 rings (SSSR count). The lowest BCUT2D eigenvalue weighted by Crippen LogP contribution is -2.56. The lowest BCUT2D eigenvalue weighted by Gasteiger charge is -2.37. The van der Waals surface area contributed by atoms with Crippen molar-refractivity contribution in [2.75, 3.05) is 13.1 Å². The first-order valence-electron chi connectivity index (χ1n) is 8.49. The Morgan fingerprint density at radius 3 is 2.44 bits per heavy atom. The van der Waals surface area contributed by atoms with Crippen LogP contribution in [0, 0.1) is 0 Å². The van der Waals surface area contributed by atoms with Crippen LogP contribution in [0.4, 0.5) is 13.2 Å². The van der Waals surface area contributed by atoms with Crippen molar-refractivity contribution in [2.45, 2.75) is 36.9 Å². The number of aryl methyl sites for hydroxylation is 1. The highest BCUT2D eigenvalue weighted by molar-refractivity contribution is 7.89. The number of sulfonamides is 1. The average Bonchev–Trinajstić information content (AvgIpc) is 2.58. The van der Waals surface area contributed by atoms with Crippen LogP contribution in [0.25, 0.3) is 0 Å². The molecule has 0 atom stereocenters. The van der Waals surface area contributed by atoms with E-state index in [2.05, 4.69) is 4.98 Å². The van der Waals surface area contributed by atoms with Gasteiger partial charge in [0.2, 0.25) is 15.9 Å². The van der Waals surface area contributed by atoms with Gasteiger partial charge >= 0.3 is 6.18 Å². The van der Waals surface area contributed by atoms with Gasteiger partial charge in [0, 0.05) is 6.20 Å². The van der Waals surface area contributed by atoms with Crippen LogP contribution >= 0.6 is 0 Å². The summed E-state index contributed by atoms with van der Waals surface area (Å²) in [5, 5.41) is 0. The molecule has 1 aromatic carbocycles. The zero-order chi connectivity index (χ0) is 19.7. The van der Waals surface area contributed by atoms with Crippen molar-refractivity contribution in [3.63, 3.8) is 0 Å². The number of hydrogen-bond acceptors (Lipinski definition) is 4. The smallest absolute Gasteiger partial charge is 0.421 e. The largest absolute Gasteiger partial charge is 0.471 e. The summed E-state index contributed by atoms with van der Waals surface area (Å²) in [5.74, 6) is -0.532. The Hall–Kier alpha value is -2.13. The van der Waals surface area contributed by atoms with E-state index in [0.29, 0.717) is 0 Å². The second kappa shape index (κ2) is 7.47. The number of alkyl halides is 3. The Kier molecular flexibility index (Phi) is 5.43. The molecule has 1 aliphatic heterocycles. The van der Waals surface area contributed by atoms with Crippen LogP contribution in [-0.2, 0) is 22.6 Å². The van der Waals surface area contributed by atoms with E-state index in [9.17, 15) is 21.6 Å². The Balaban J connectivity index is 1.66. The molecule has 0 spiro atoms. The quantitative estimate of drug-likeness (QED) is 0.745. The monoisotopic (exact) mass is 400 g/mol. The fraction of sp³-hybridized carbons (Fsp3) is 0.389. The van der Waals surface area contributed by atoms with Crippen LogP contribution in [0.3, 0.4) is 0 Å². The van der Waals surface area contributed by atoms with Gasteiger partial charge in [-0.15, -0.1) is 0 Å². The molecular weight excluding hydrogens is 381 g/mol. The molecule has 0 unspecified atom stereocenters. The molecule has 1 fully saturated rings. The second-order valence-electron chi connectivity index (χ2n) is 6.31. The van der Waals surface area contributed by atoms with Gasteiger partial charge in [0.15, 0.2) is 0 Å². The summed E-state index contributed by atoms with van der Waals surface area (Å²) in [6.45, 7) is 2.00. The van der Waals surface area contributed by atoms with Crippen molar-refractivity contribution in [2.24, 2.45) is 0 Å². The second-order valence-corrected chi connectivity index (χ2v) is 8.25. The molecule has 1 aromatic heterocycles. The van der Waals surface area contributed by atoms with Crippen LogP contribution in [0.2, 0.25) is 0 Å². The van der Waals surface area contributed by atoms with Gasteiger partial charge in [-0.25, -0.2) is 13.4 Å². The summed E-state index contributed by atoms with van der Waals surface area (Å²) >= 11 is 0. The summed E-state index contributed by atoms with van der Waals surface area (Å²) in [7, 11) is -3.69. The summed E-state index contributed by atoms with van der Waals surface area (Å²) in [6.07, 6.45) is -2.22. The zero-order valence-electron chi connectivity index (χ0n) is 14.6. The lowest BCUT2D eigenvalue weighted by molar-refractivity contribution is -0.140. The van der Waals surface area contributed by atoms with Crippen LogP contribution < -0.4 is 4.74 Å². The van der Waals surface area contributed by atoms with Crippen LogP contribution in [0.15, 0.2) is 47.5 Å². The van der Waals surface area contributed by atoms with Gasteiger partial charge in [-0.1, -0.05) is 25.5 Å². The minimum absolute atomic E-state index is 0.0209. The molecule has 2 aromatic rings. The van der Waals surface area contributed by atoms with Gasteiger partial charge in [-0.05, 0) is 36.2 Å². The number of benzene rings is 1. The van der Waals surface area contributed by atoms with E-state index in [1.54, 1.807) is 24.3 Å². The normalized spacial score (nSPS) is 16.1. The molecule has 0 N–H and O–H groups in total. The van der Waals surface area contributed by atoms with Gasteiger partial charge in [0.05, 0.1) is 18.0 Å². The van der Waals surface area contributed by atoms with Gasteiger partial charge in [0.25, 0.3) is 0 Å². The number of nitrogens with zero attached hydrogens (tertiary/aromatic N) is 2. The van der Waals surface area contributed by atoms with Crippen molar-refractivity contribution in [3.05, 3.63) is 53.7 Å². The molecule has 1 aliphatic rings. The third-order valence-electron chi connectivity index (χ3n) is 4.27. The van der Waals surface area contributed by atoms with Crippen molar-refractivity contribution >= 4 is 10.0 Å². The maximum absolute atomic E-state index is 13.0. The van der Waals surface area contributed by atoms with Gasteiger partial charge in [-0.3, -0.25) is 0 Å². The third-order valence-corrected chi connectivity index (χ3v) is 6.12. The van der Waals surface area contributed by atoms with Crippen molar-refractivity contribution in [3.8, 4) is 5.88 Å². The fourth-order valence-electron chi connectivity index (χ4n) is 2.80. The van der Waals surface area contributed by atoms with Crippen molar-refractivity contribution in [1.82, 2.24) is 9.29 Å². The highest BCUT2D eigenvalue weighted by atomic mass is 32.2. The van der Waals surface area contributed by atoms with E-state index in [1.807, 2.05) is 6.92 Å². The molecule has 27 heavy (non-hydrogen) atoms. The maximum atomic E-state index is 13.0. The topological polar surface area (TPSA) is 59.5 Å². The van der Waals surface area contributed by atoms with E-state index in [1.165, 1.54) is 16.6 Å². The van der Waals surface area contributed by atoms with Crippen molar-refractivity contribution < 1.29 is 26.3 Å².